The Morgan fingerprint density at radius 3 is 3.07 bits per heavy atom. The smallest absolute Gasteiger partial charge is 0.224 e. The largest absolute Gasteiger partial charge is 0.394 e. The van der Waals surface area contributed by atoms with E-state index < -0.39 is 0 Å². The third-order valence-electron chi connectivity index (χ3n) is 2.23. The highest BCUT2D eigenvalue weighted by Gasteiger charge is 2.12. The van der Waals surface area contributed by atoms with E-state index in [1.807, 2.05) is 17.7 Å². The average Bonchev–Trinajstić information content (AvgIpc) is 2.54. The van der Waals surface area contributed by atoms with Crippen molar-refractivity contribution in [2.75, 3.05) is 6.61 Å². The molecule has 1 atom stereocenters. The Bertz CT molecular complexity index is 499. The zero-order valence-electron chi connectivity index (χ0n) is 7.98. The van der Waals surface area contributed by atoms with Crippen molar-refractivity contribution in [2.45, 2.75) is 13.0 Å². The second-order valence-electron chi connectivity index (χ2n) is 3.29. The Morgan fingerprint density at radius 1 is 1.67 bits per heavy atom. The molecule has 2 aromatic rings. The van der Waals surface area contributed by atoms with Gasteiger partial charge in [-0.25, -0.2) is 4.98 Å². The van der Waals surface area contributed by atoms with Crippen LogP contribution in [0.4, 0.5) is 0 Å². The van der Waals surface area contributed by atoms with E-state index in [1.54, 1.807) is 6.20 Å². The highest BCUT2D eigenvalue weighted by Crippen LogP contribution is 2.24. The summed E-state index contributed by atoms with van der Waals surface area (Å²) in [6.45, 7) is 1.99. The van der Waals surface area contributed by atoms with Gasteiger partial charge in [-0.05, 0) is 41.1 Å². The topological polar surface area (TPSA) is 50.9 Å². The van der Waals surface area contributed by atoms with Crippen LogP contribution in [-0.4, -0.2) is 26.2 Å². The minimum atomic E-state index is -0.0121. The first kappa shape index (κ1) is 11.1. The van der Waals surface area contributed by atoms with Crippen LogP contribution in [0.2, 0.25) is 5.28 Å². The number of halogens is 2. The van der Waals surface area contributed by atoms with E-state index in [2.05, 4.69) is 32.6 Å². The molecule has 0 spiro atoms. The van der Waals surface area contributed by atoms with Crippen LogP contribution < -0.4 is 0 Å². The fourth-order valence-corrected chi connectivity index (χ4v) is 2.20. The Kier molecular flexibility index (Phi) is 3.13. The molecule has 0 aliphatic rings. The van der Waals surface area contributed by atoms with Gasteiger partial charge in [0.2, 0.25) is 5.28 Å². The van der Waals surface area contributed by atoms with Crippen LogP contribution in [0, 0.1) is 3.57 Å². The van der Waals surface area contributed by atoms with Gasteiger partial charge in [-0.1, -0.05) is 0 Å². The van der Waals surface area contributed by atoms with Gasteiger partial charge < -0.3 is 9.67 Å². The number of aromatic nitrogens is 3. The van der Waals surface area contributed by atoms with E-state index in [4.69, 9.17) is 16.7 Å². The third-order valence-corrected chi connectivity index (χ3v) is 3.27. The quantitative estimate of drug-likeness (QED) is 0.675. The predicted molar refractivity (Wildman–Crippen MR) is 67.1 cm³/mol. The maximum absolute atomic E-state index is 9.13. The van der Waals surface area contributed by atoms with Gasteiger partial charge in [0.15, 0.2) is 0 Å². The summed E-state index contributed by atoms with van der Waals surface area (Å²) in [5, 5.41) is 10.3. The van der Waals surface area contributed by atoms with Gasteiger partial charge in [0, 0.05) is 16.0 Å². The first-order valence-corrected chi connectivity index (χ1v) is 5.88. The van der Waals surface area contributed by atoms with Crippen molar-refractivity contribution in [3.63, 3.8) is 0 Å². The van der Waals surface area contributed by atoms with Crippen LogP contribution in [0.25, 0.3) is 11.0 Å². The summed E-state index contributed by atoms with van der Waals surface area (Å²) in [7, 11) is 0. The Balaban J connectivity index is 2.69. The first-order valence-electron chi connectivity index (χ1n) is 4.43. The van der Waals surface area contributed by atoms with E-state index in [-0.39, 0.29) is 17.9 Å². The van der Waals surface area contributed by atoms with Crippen molar-refractivity contribution in [1.82, 2.24) is 14.5 Å². The molecular formula is C9H9ClIN3O. The van der Waals surface area contributed by atoms with Gasteiger partial charge in [-0.2, -0.15) is 4.98 Å². The molecule has 0 aromatic carbocycles. The molecule has 0 saturated carbocycles. The number of hydrogen-bond donors (Lipinski definition) is 1. The number of rotatable bonds is 2. The molecular weight excluding hydrogens is 328 g/mol. The van der Waals surface area contributed by atoms with E-state index in [0.717, 1.165) is 14.6 Å². The fourth-order valence-electron chi connectivity index (χ4n) is 1.39. The van der Waals surface area contributed by atoms with Gasteiger partial charge in [0.1, 0.15) is 5.65 Å². The SMILES string of the molecule is C[C@@H](CO)n1cc(I)c2cnc(Cl)nc21. The maximum Gasteiger partial charge on any atom is 0.224 e. The molecule has 0 bridgehead atoms. The lowest BCUT2D eigenvalue weighted by Crippen LogP contribution is -2.08. The second kappa shape index (κ2) is 4.23. The number of aliphatic hydroxyl groups excluding tert-OH is 1. The maximum atomic E-state index is 9.13. The van der Waals surface area contributed by atoms with E-state index in [0.29, 0.717) is 0 Å². The van der Waals surface area contributed by atoms with Crippen molar-refractivity contribution in [3.05, 3.63) is 21.2 Å². The summed E-state index contributed by atoms with van der Waals surface area (Å²) in [6.07, 6.45) is 3.64. The van der Waals surface area contributed by atoms with Gasteiger partial charge in [0.05, 0.1) is 18.0 Å². The highest BCUT2D eigenvalue weighted by atomic mass is 127. The van der Waals surface area contributed by atoms with E-state index in [9.17, 15) is 0 Å². The Morgan fingerprint density at radius 2 is 2.40 bits per heavy atom. The molecule has 0 aliphatic heterocycles. The van der Waals surface area contributed by atoms with Crippen LogP contribution in [0.1, 0.15) is 13.0 Å². The third kappa shape index (κ3) is 1.95. The van der Waals surface area contributed by atoms with Gasteiger partial charge >= 0.3 is 0 Å². The molecule has 0 fully saturated rings. The monoisotopic (exact) mass is 337 g/mol. The molecule has 0 unspecified atom stereocenters. The van der Waals surface area contributed by atoms with Crippen molar-refractivity contribution in [1.29, 1.82) is 0 Å². The molecule has 0 amide bonds. The normalized spacial score (nSPS) is 13.3. The highest BCUT2D eigenvalue weighted by molar-refractivity contribution is 14.1. The van der Waals surface area contributed by atoms with Crippen LogP contribution >= 0.6 is 34.2 Å². The summed E-state index contributed by atoms with van der Waals surface area (Å²) < 4.78 is 2.96. The van der Waals surface area contributed by atoms with E-state index >= 15 is 0 Å². The van der Waals surface area contributed by atoms with Crippen LogP contribution in [0.5, 0.6) is 0 Å². The lowest BCUT2D eigenvalue weighted by Gasteiger charge is -2.10. The summed E-state index contributed by atoms with van der Waals surface area (Å²) in [4.78, 5) is 8.11. The molecule has 2 rings (SSSR count). The van der Waals surface area contributed by atoms with Crippen molar-refractivity contribution >= 4 is 45.2 Å². The van der Waals surface area contributed by atoms with Gasteiger partial charge in [0.25, 0.3) is 0 Å². The zero-order chi connectivity index (χ0) is 11.0. The summed E-state index contributed by atoms with van der Waals surface area (Å²) in [5.41, 5.74) is 0.765. The lowest BCUT2D eigenvalue weighted by atomic mass is 10.3. The minimum absolute atomic E-state index is 0.0121. The minimum Gasteiger partial charge on any atom is -0.394 e. The molecule has 6 heteroatoms. The lowest BCUT2D eigenvalue weighted by molar-refractivity contribution is 0.241. The molecule has 2 aromatic heterocycles. The molecule has 0 radical (unpaired) electrons. The molecule has 2 heterocycles. The van der Waals surface area contributed by atoms with Crippen molar-refractivity contribution in [2.24, 2.45) is 0 Å². The van der Waals surface area contributed by atoms with Crippen molar-refractivity contribution < 1.29 is 5.11 Å². The van der Waals surface area contributed by atoms with Gasteiger partial charge in [-0.3, -0.25) is 0 Å². The summed E-state index contributed by atoms with van der Waals surface area (Å²) >= 11 is 7.96. The molecule has 0 aliphatic carbocycles. The summed E-state index contributed by atoms with van der Waals surface area (Å²) in [5.74, 6) is 0. The molecule has 15 heavy (non-hydrogen) atoms. The van der Waals surface area contributed by atoms with Crippen LogP contribution in [-0.2, 0) is 0 Å². The Labute approximate surface area is 105 Å². The molecule has 0 saturated heterocycles. The predicted octanol–water partition coefficient (Wildman–Crippen LogP) is 2.24. The van der Waals surface area contributed by atoms with E-state index in [1.165, 1.54) is 0 Å². The number of hydrogen-bond acceptors (Lipinski definition) is 3. The number of fused-ring (bicyclic) bond motifs is 1. The number of nitrogens with zero attached hydrogens (tertiary/aromatic N) is 3. The second-order valence-corrected chi connectivity index (χ2v) is 4.79. The Hall–Kier alpha value is -0.400. The molecule has 4 nitrogen and oxygen atoms in total. The molecule has 1 N–H and O–H groups in total. The van der Waals surface area contributed by atoms with Crippen molar-refractivity contribution in [3.8, 4) is 0 Å². The fraction of sp³-hybridized carbons (Fsp3) is 0.333. The van der Waals surface area contributed by atoms with Crippen LogP contribution in [0.3, 0.4) is 0 Å². The first-order chi connectivity index (χ1) is 7.13. The average molecular weight is 338 g/mol. The van der Waals surface area contributed by atoms with Crippen LogP contribution in [0.15, 0.2) is 12.4 Å². The zero-order valence-corrected chi connectivity index (χ0v) is 10.9. The van der Waals surface area contributed by atoms with Gasteiger partial charge in [-0.15, -0.1) is 0 Å². The molecule has 80 valence electrons. The number of aliphatic hydroxyl groups is 1. The summed E-state index contributed by atoms with van der Waals surface area (Å²) in [6, 6.07) is -0.0121. The standard InChI is InChI=1S/C9H9ClIN3O/c1-5(4-15)14-3-7(11)6-2-12-9(10)13-8(6)14/h2-3,5,15H,4H2,1H3/t5-/m0/s1.